The molecule has 0 atom stereocenters. The summed E-state index contributed by atoms with van der Waals surface area (Å²) in [5.74, 6) is 1.33. The number of fused-ring (bicyclic) bond motifs is 1. The Balaban J connectivity index is 1.80. The Hall–Kier alpha value is -1.74. The van der Waals surface area contributed by atoms with Crippen molar-refractivity contribution >= 4 is 28.1 Å². The maximum atomic E-state index is 12.1. The quantitative estimate of drug-likeness (QED) is 0.694. The van der Waals surface area contributed by atoms with Crippen molar-refractivity contribution in [2.75, 3.05) is 0 Å². The van der Waals surface area contributed by atoms with Crippen molar-refractivity contribution in [3.8, 4) is 0 Å². The Kier molecular flexibility index (Phi) is 4.53. The number of aromatic amines is 1. The third-order valence-electron chi connectivity index (χ3n) is 3.01. The fourth-order valence-corrected chi connectivity index (χ4v) is 3.62. The monoisotopic (exact) mass is 336 g/mol. The second-order valence-corrected chi connectivity index (χ2v) is 6.85. The maximum absolute atomic E-state index is 12.1. The van der Waals surface area contributed by atoms with Gasteiger partial charge in [0.1, 0.15) is 10.8 Å². The molecule has 0 aliphatic carbocycles. The molecule has 0 unspecified atom stereocenters. The fourth-order valence-electron chi connectivity index (χ4n) is 1.92. The van der Waals surface area contributed by atoms with E-state index in [1.165, 1.54) is 33.7 Å². The van der Waals surface area contributed by atoms with E-state index in [1.807, 2.05) is 6.92 Å². The Labute approximate surface area is 135 Å². The van der Waals surface area contributed by atoms with Gasteiger partial charge in [-0.05, 0) is 13.3 Å². The van der Waals surface area contributed by atoms with Gasteiger partial charge in [0.05, 0.1) is 5.69 Å². The number of hydrogen-bond acceptors (Lipinski definition) is 7. The van der Waals surface area contributed by atoms with Gasteiger partial charge in [0, 0.05) is 18.2 Å². The number of rotatable bonds is 6. The summed E-state index contributed by atoms with van der Waals surface area (Å²) >= 11 is 2.94. The van der Waals surface area contributed by atoms with Gasteiger partial charge in [0.2, 0.25) is 10.1 Å². The number of thioether (sulfide) groups is 1. The summed E-state index contributed by atoms with van der Waals surface area (Å²) in [6, 6.07) is 1.53. The van der Waals surface area contributed by atoms with Crippen LogP contribution in [0.25, 0.3) is 4.96 Å². The summed E-state index contributed by atoms with van der Waals surface area (Å²) in [6.07, 6.45) is 3.07. The summed E-state index contributed by atoms with van der Waals surface area (Å²) in [7, 11) is 0. The number of nitrogens with one attached hydrogen (secondary N) is 1. The molecule has 0 saturated carbocycles. The highest BCUT2D eigenvalue weighted by Gasteiger charge is 2.10. The summed E-state index contributed by atoms with van der Waals surface area (Å²) in [5, 5.41) is 12.8. The molecule has 3 heterocycles. The van der Waals surface area contributed by atoms with E-state index in [0.29, 0.717) is 15.9 Å². The highest BCUT2D eigenvalue weighted by molar-refractivity contribution is 7.98. The highest BCUT2D eigenvalue weighted by Crippen LogP contribution is 2.19. The third kappa shape index (κ3) is 3.36. The molecule has 1 N–H and O–H groups in total. The van der Waals surface area contributed by atoms with Gasteiger partial charge < -0.3 is 0 Å². The van der Waals surface area contributed by atoms with E-state index < -0.39 is 0 Å². The van der Waals surface area contributed by atoms with Gasteiger partial charge in [-0.25, -0.2) is 9.97 Å². The van der Waals surface area contributed by atoms with Gasteiger partial charge in [0.15, 0.2) is 0 Å². The minimum atomic E-state index is -0.134. The standard InChI is InChI=1S/C13H16N6OS2/c1-3-4-5-10-18-19-11(20)6-9(15-13(19)22-10)7-21-12-14-8(2)16-17-12/h6H,3-5,7H2,1-2H3,(H,14,16,17). The Bertz CT molecular complexity index is 837. The highest BCUT2D eigenvalue weighted by atomic mass is 32.2. The van der Waals surface area contributed by atoms with Gasteiger partial charge in [-0.15, -0.1) is 5.10 Å². The normalized spacial score (nSPS) is 11.4. The Morgan fingerprint density at radius 3 is 3.00 bits per heavy atom. The van der Waals surface area contributed by atoms with Crippen LogP contribution in [0.3, 0.4) is 0 Å². The van der Waals surface area contributed by atoms with Crippen LogP contribution in [0.2, 0.25) is 0 Å². The van der Waals surface area contributed by atoms with Gasteiger partial charge in [-0.3, -0.25) is 9.89 Å². The lowest BCUT2D eigenvalue weighted by atomic mass is 10.3. The zero-order valence-electron chi connectivity index (χ0n) is 12.4. The van der Waals surface area contributed by atoms with Crippen LogP contribution in [0.4, 0.5) is 0 Å². The average Bonchev–Trinajstić information content (AvgIpc) is 3.09. The van der Waals surface area contributed by atoms with Crippen LogP contribution in [-0.4, -0.2) is 29.8 Å². The summed E-state index contributed by atoms with van der Waals surface area (Å²) in [6.45, 7) is 3.99. The van der Waals surface area contributed by atoms with Crippen molar-refractivity contribution in [3.63, 3.8) is 0 Å². The molecule has 0 saturated heterocycles. The first-order valence-corrected chi connectivity index (χ1v) is 8.86. The molecule has 7 nitrogen and oxygen atoms in total. The van der Waals surface area contributed by atoms with E-state index in [2.05, 4.69) is 32.2 Å². The third-order valence-corrected chi connectivity index (χ3v) is 4.86. The number of aromatic nitrogens is 6. The minimum absolute atomic E-state index is 0.134. The molecule has 0 bridgehead atoms. The number of unbranched alkanes of at least 4 members (excludes halogenated alkanes) is 1. The molecule has 116 valence electrons. The molecule has 0 aliphatic heterocycles. The fraction of sp³-hybridized carbons (Fsp3) is 0.462. The minimum Gasteiger partial charge on any atom is -0.267 e. The molecule has 0 aliphatic rings. The molecule has 0 fully saturated rings. The van der Waals surface area contributed by atoms with Crippen molar-refractivity contribution in [3.05, 3.63) is 32.9 Å². The van der Waals surface area contributed by atoms with Crippen LogP contribution in [0.1, 0.15) is 36.3 Å². The van der Waals surface area contributed by atoms with E-state index in [0.717, 1.165) is 35.8 Å². The predicted octanol–water partition coefficient (Wildman–Crippen LogP) is 2.21. The van der Waals surface area contributed by atoms with E-state index in [-0.39, 0.29) is 5.56 Å². The first kappa shape index (κ1) is 15.2. The average molecular weight is 336 g/mol. The zero-order chi connectivity index (χ0) is 15.5. The van der Waals surface area contributed by atoms with Gasteiger partial charge in [0.25, 0.3) is 5.56 Å². The molecule has 3 rings (SSSR count). The lowest BCUT2D eigenvalue weighted by Crippen LogP contribution is -2.15. The summed E-state index contributed by atoms with van der Waals surface area (Å²) < 4.78 is 1.39. The molecular weight excluding hydrogens is 320 g/mol. The summed E-state index contributed by atoms with van der Waals surface area (Å²) in [4.78, 5) is 21.5. The number of H-pyrrole nitrogens is 1. The topological polar surface area (TPSA) is 88.8 Å². The molecule has 0 radical (unpaired) electrons. The molecule has 9 heteroatoms. The smallest absolute Gasteiger partial charge is 0.267 e. The van der Waals surface area contributed by atoms with Crippen LogP contribution in [-0.2, 0) is 12.2 Å². The Morgan fingerprint density at radius 1 is 1.41 bits per heavy atom. The van der Waals surface area contributed by atoms with Crippen molar-refractivity contribution in [2.24, 2.45) is 0 Å². The second-order valence-electron chi connectivity index (χ2n) is 4.87. The Morgan fingerprint density at radius 2 is 2.27 bits per heavy atom. The van der Waals surface area contributed by atoms with Crippen LogP contribution in [0.15, 0.2) is 16.0 Å². The van der Waals surface area contributed by atoms with Crippen LogP contribution < -0.4 is 5.56 Å². The molecule has 3 aromatic heterocycles. The first-order valence-electron chi connectivity index (χ1n) is 7.06. The zero-order valence-corrected chi connectivity index (χ0v) is 14.0. The van der Waals surface area contributed by atoms with E-state index >= 15 is 0 Å². The lowest BCUT2D eigenvalue weighted by Gasteiger charge is -1.97. The van der Waals surface area contributed by atoms with Crippen molar-refractivity contribution < 1.29 is 0 Å². The lowest BCUT2D eigenvalue weighted by molar-refractivity contribution is 0.761. The molecule has 0 aromatic carbocycles. The van der Waals surface area contributed by atoms with Crippen molar-refractivity contribution in [2.45, 2.75) is 44.0 Å². The number of nitrogens with zero attached hydrogens (tertiary/aromatic N) is 5. The van der Waals surface area contributed by atoms with E-state index in [4.69, 9.17) is 0 Å². The van der Waals surface area contributed by atoms with Crippen molar-refractivity contribution in [1.29, 1.82) is 0 Å². The number of aryl methyl sites for hydroxylation is 2. The summed E-state index contributed by atoms with van der Waals surface area (Å²) in [5.41, 5.74) is 0.592. The molecule has 3 aromatic rings. The molecule has 0 amide bonds. The second kappa shape index (κ2) is 6.57. The first-order chi connectivity index (χ1) is 10.7. The van der Waals surface area contributed by atoms with Crippen LogP contribution >= 0.6 is 23.1 Å². The SMILES string of the molecule is CCCCc1nn2c(=O)cc(CSc3n[nH]c(C)n3)nc2s1. The maximum Gasteiger partial charge on any atom is 0.275 e. The van der Waals surface area contributed by atoms with Crippen molar-refractivity contribution in [1.82, 2.24) is 29.8 Å². The predicted molar refractivity (Wildman–Crippen MR) is 86.4 cm³/mol. The largest absolute Gasteiger partial charge is 0.275 e. The van der Waals surface area contributed by atoms with Gasteiger partial charge in [-0.2, -0.15) is 9.61 Å². The number of hydrogen-bond donors (Lipinski definition) is 1. The van der Waals surface area contributed by atoms with Gasteiger partial charge in [-0.1, -0.05) is 36.4 Å². The van der Waals surface area contributed by atoms with Crippen LogP contribution in [0, 0.1) is 6.92 Å². The molecule has 0 spiro atoms. The molecule has 22 heavy (non-hydrogen) atoms. The van der Waals surface area contributed by atoms with Gasteiger partial charge >= 0.3 is 0 Å². The van der Waals surface area contributed by atoms with E-state index in [1.54, 1.807) is 0 Å². The molecular formula is C13H16N6OS2. The van der Waals surface area contributed by atoms with E-state index in [9.17, 15) is 4.79 Å². The van der Waals surface area contributed by atoms with Crippen LogP contribution in [0.5, 0.6) is 0 Å².